The molecular weight excluding hydrogens is 282 g/mol. The van der Waals surface area contributed by atoms with Crippen molar-refractivity contribution in [2.24, 2.45) is 0 Å². The first kappa shape index (κ1) is 10.8. The van der Waals surface area contributed by atoms with Gasteiger partial charge in [0.2, 0.25) is 0 Å². The maximum absolute atomic E-state index is 5.76. The molecule has 0 saturated heterocycles. The summed E-state index contributed by atoms with van der Waals surface area (Å²) in [4.78, 5) is 4.45. The molecule has 0 unspecified atom stereocenters. The molecule has 88 valence electrons. The Morgan fingerprint density at radius 1 is 1.41 bits per heavy atom. The van der Waals surface area contributed by atoms with Crippen LogP contribution < -0.4 is 5.73 Å². The molecule has 0 aliphatic heterocycles. The highest BCUT2D eigenvalue weighted by molar-refractivity contribution is 9.10. The Morgan fingerprint density at radius 2 is 2.18 bits per heavy atom. The minimum absolute atomic E-state index is 0.120. The molecular formula is C12H12BrN3O. The molecule has 1 fully saturated rings. The van der Waals surface area contributed by atoms with Crippen molar-refractivity contribution < 1.29 is 4.52 Å². The summed E-state index contributed by atoms with van der Waals surface area (Å²) in [6.45, 7) is 2.15. The van der Waals surface area contributed by atoms with Gasteiger partial charge in [-0.25, -0.2) is 0 Å². The molecule has 0 amide bonds. The number of rotatable bonds is 2. The highest BCUT2D eigenvalue weighted by Gasteiger charge is 2.43. The maximum atomic E-state index is 5.76. The molecule has 1 heterocycles. The number of benzene rings is 1. The van der Waals surface area contributed by atoms with Crippen LogP contribution in [0.25, 0.3) is 11.5 Å². The Balaban J connectivity index is 2.03. The molecule has 1 saturated carbocycles. The first-order valence-electron chi connectivity index (χ1n) is 5.48. The van der Waals surface area contributed by atoms with Crippen molar-refractivity contribution in [1.29, 1.82) is 0 Å². The third kappa shape index (κ3) is 1.84. The molecule has 1 aliphatic rings. The van der Waals surface area contributed by atoms with Crippen molar-refractivity contribution in [1.82, 2.24) is 10.1 Å². The summed E-state index contributed by atoms with van der Waals surface area (Å²) < 4.78 is 6.21. The normalized spacial score (nSPS) is 17.1. The van der Waals surface area contributed by atoms with E-state index >= 15 is 0 Å². The van der Waals surface area contributed by atoms with Gasteiger partial charge in [-0.2, -0.15) is 4.98 Å². The first-order valence-corrected chi connectivity index (χ1v) is 6.27. The molecule has 0 radical (unpaired) electrons. The summed E-state index contributed by atoms with van der Waals surface area (Å²) in [5.41, 5.74) is 7.40. The second-order valence-electron chi connectivity index (χ2n) is 4.72. The minimum atomic E-state index is 0.120. The molecule has 3 rings (SSSR count). The molecule has 4 nitrogen and oxygen atoms in total. The predicted octanol–water partition coefficient (Wildman–Crippen LogP) is 3.13. The van der Waals surface area contributed by atoms with Gasteiger partial charge in [0.15, 0.2) is 5.82 Å². The second-order valence-corrected chi connectivity index (χ2v) is 5.58. The Kier molecular flexibility index (Phi) is 2.26. The number of aromatic nitrogens is 2. The van der Waals surface area contributed by atoms with Gasteiger partial charge in [-0.15, -0.1) is 0 Å². The number of hydrogen-bond acceptors (Lipinski definition) is 4. The van der Waals surface area contributed by atoms with Crippen molar-refractivity contribution >= 4 is 21.6 Å². The molecule has 5 heteroatoms. The SMILES string of the molecule is CC1(c2noc(-c3cc(N)ccc3Br)n2)CC1. The summed E-state index contributed by atoms with van der Waals surface area (Å²) in [5, 5.41) is 4.05. The number of halogens is 1. The highest BCUT2D eigenvalue weighted by atomic mass is 79.9. The standard InChI is InChI=1S/C12H12BrN3O/c1-12(4-5-12)11-15-10(17-16-11)8-6-7(14)2-3-9(8)13/h2-3,6H,4-5,14H2,1H3. The topological polar surface area (TPSA) is 64.9 Å². The number of anilines is 1. The maximum Gasteiger partial charge on any atom is 0.259 e. The van der Waals surface area contributed by atoms with Crippen molar-refractivity contribution in [3.63, 3.8) is 0 Å². The zero-order chi connectivity index (χ0) is 12.0. The molecule has 17 heavy (non-hydrogen) atoms. The number of hydrogen-bond donors (Lipinski definition) is 1. The van der Waals surface area contributed by atoms with E-state index in [4.69, 9.17) is 10.3 Å². The van der Waals surface area contributed by atoms with Crippen LogP contribution in [-0.2, 0) is 5.41 Å². The lowest BCUT2D eigenvalue weighted by Crippen LogP contribution is -2.01. The molecule has 1 aliphatic carbocycles. The second kappa shape index (κ2) is 3.57. The van der Waals surface area contributed by atoms with Gasteiger partial charge < -0.3 is 10.3 Å². The van der Waals surface area contributed by atoms with Crippen molar-refractivity contribution in [3.8, 4) is 11.5 Å². The van der Waals surface area contributed by atoms with E-state index in [-0.39, 0.29) is 5.41 Å². The van der Waals surface area contributed by atoms with E-state index in [1.54, 1.807) is 0 Å². The van der Waals surface area contributed by atoms with E-state index in [2.05, 4.69) is 33.0 Å². The van der Waals surface area contributed by atoms with Crippen LogP contribution in [0.1, 0.15) is 25.6 Å². The summed E-state index contributed by atoms with van der Waals surface area (Å²) >= 11 is 3.46. The lowest BCUT2D eigenvalue weighted by Gasteiger charge is -2.00. The van der Waals surface area contributed by atoms with E-state index in [0.29, 0.717) is 11.6 Å². The average Bonchev–Trinajstić information content (AvgIpc) is 2.88. The van der Waals surface area contributed by atoms with Gasteiger partial charge in [0, 0.05) is 15.6 Å². The van der Waals surface area contributed by atoms with Gasteiger partial charge in [-0.3, -0.25) is 0 Å². The Morgan fingerprint density at radius 3 is 2.88 bits per heavy atom. The third-order valence-corrected chi connectivity index (χ3v) is 3.88. The van der Waals surface area contributed by atoms with Gasteiger partial charge in [0.05, 0.1) is 5.56 Å². The Bertz CT molecular complexity index is 575. The van der Waals surface area contributed by atoms with E-state index < -0.39 is 0 Å². The zero-order valence-corrected chi connectivity index (χ0v) is 11.0. The monoisotopic (exact) mass is 293 g/mol. The van der Waals surface area contributed by atoms with Gasteiger partial charge in [0.25, 0.3) is 5.89 Å². The molecule has 2 N–H and O–H groups in total. The fraction of sp³-hybridized carbons (Fsp3) is 0.333. The predicted molar refractivity (Wildman–Crippen MR) is 68.4 cm³/mol. The van der Waals surface area contributed by atoms with Crippen LogP contribution >= 0.6 is 15.9 Å². The van der Waals surface area contributed by atoms with Crippen molar-refractivity contribution in [2.45, 2.75) is 25.2 Å². The molecule has 1 aromatic carbocycles. The van der Waals surface area contributed by atoms with Gasteiger partial charge in [0.1, 0.15) is 0 Å². The van der Waals surface area contributed by atoms with Crippen LogP contribution in [0.4, 0.5) is 5.69 Å². The van der Waals surface area contributed by atoms with E-state index in [9.17, 15) is 0 Å². The van der Waals surface area contributed by atoms with Crippen LogP contribution in [0.2, 0.25) is 0 Å². The minimum Gasteiger partial charge on any atom is -0.399 e. The van der Waals surface area contributed by atoms with Gasteiger partial charge >= 0.3 is 0 Å². The molecule has 0 bridgehead atoms. The van der Waals surface area contributed by atoms with E-state index in [1.807, 2.05) is 18.2 Å². The third-order valence-electron chi connectivity index (χ3n) is 3.19. The molecule has 2 aromatic rings. The number of nitrogens with two attached hydrogens (primary N) is 1. The highest BCUT2D eigenvalue weighted by Crippen LogP contribution is 2.46. The quantitative estimate of drug-likeness (QED) is 0.864. The lowest BCUT2D eigenvalue weighted by molar-refractivity contribution is 0.415. The van der Waals surface area contributed by atoms with Crippen molar-refractivity contribution in [3.05, 3.63) is 28.5 Å². The first-order chi connectivity index (χ1) is 8.08. The summed E-state index contributed by atoms with van der Waals surface area (Å²) in [6.07, 6.45) is 2.26. The largest absolute Gasteiger partial charge is 0.399 e. The Labute approximate surface area is 107 Å². The molecule has 1 aromatic heterocycles. The van der Waals surface area contributed by atoms with E-state index in [1.165, 1.54) is 0 Å². The lowest BCUT2D eigenvalue weighted by atomic mass is 10.1. The molecule has 0 atom stereocenters. The van der Waals surface area contributed by atoms with Gasteiger partial charge in [-0.05, 0) is 47.0 Å². The van der Waals surface area contributed by atoms with Crippen LogP contribution in [-0.4, -0.2) is 10.1 Å². The summed E-state index contributed by atoms with van der Waals surface area (Å²) in [7, 11) is 0. The summed E-state index contributed by atoms with van der Waals surface area (Å²) in [5.74, 6) is 1.31. The van der Waals surface area contributed by atoms with Gasteiger partial charge in [-0.1, -0.05) is 12.1 Å². The van der Waals surface area contributed by atoms with E-state index in [0.717, 1.165) is 28.7 Å². The fourth-order valence-corrected chi connectivity index (χ4v) is 2.11. The fourth-order valence-electron chi connectivity index (χ4n) is 1.70. The zero-order valence-electron chi connectivity index (χ0n) is 9.40. The van der Waals surface area contributed by atoms with Crippen LogP contribution in [0, 0.1) is 0 Å². The van der Waals surface area contributed by atoms with Crippen LogP contribution in [0.3, 0.4) is 0 Å². The van der Waals surface area contributed by atoms with Crippen molar-refractivity contribution in [2.75, 3.05) is 5.73 Å². The van der Waals surface area contributed by atoms with Crippen LogP contribution in [0.15, 0.2) is 27.2 Å². The molecule has 0 spiro atoms. The number of nitrogens with zero attached hydrogens (tertiary/aromatic N) is 2. The summed E-state index contributed by atoms with van der Waals surface area (Å²) in [6, 6.07) is 5.54. The number of nitrogen functional groups attached to an aromatic ring is 1. The average molecular weight is 294 g/mol. The van der Waals surface area contributed by atoms with Crippen LogP contribution in [0.5, 0.6) is 0 Å². The Hall–Kier alpha value is -1.36. The smallest absolute Gasteiger partial charge is 0.259 e.